The molecular weight excluding hydrogens is 327 g/mol. The highest BCUT2D eigenvalue weighted by Crippen LogP contribution is 2.33. The number of aromatic nitrogens is 2. The summed E-state index contributed by atoms with van der Waals surface area (Å²) in [5, 5.41) is 22.5. The van der Waals surface area contributed by atoms with Gasteiger partial charge in [-0.2, -0.15) is 0 Å². The van der Waals surface area contributed by atoms with Gasteiger partial charge in [0.1, 0.15) is 11.2 Å². The van der Waals surface area contributed by atoms with E-state index in [1.54, 1.807) is 18.5 Å². The molecule has 0 aliphatic rings. The average molecular weight is 340 g/mol. The first-order chi connectivity index (χ1) is 12.7. The molecule has 2 N–H and O–H groups in total. The standard InChI is InChI=1S/C20H13BN2O3/c24-21(25)17-11-12(13-7-9-23-20-15(13)5-3-8-22-20)10-16-14-4-1-2-6-18(14)26-19(16)17/h1-11,24-25H. The van der Waals surface area contributed by atoms with Crippen LogP contribution < -0.4 is 5.46 Å². The van der Waals surface area contributed by atoms with Crippen molar-refractivity contribution >= 4 is 45.6 Å². The third-order valence-electron chi connectivity index (χ3n) is 4.61. The van der Waals surface area contributed by atoms with E-state index in [0.717, 1.165) is 27.3 Å². The zero-order valence-electron chi connectivity index (χ0n) is 13.6. The van der Waals surface area contributed by atoms with Crippen LogP contribution in [0.1, 0.15) is 0 Å². The van der Waals surface area contributed by atoms with Gasteiger partial charge in [-0.3, -0.25) is 0 Å². The van der Waals surface area contributed by atoms with Gasteiger partial charge in [0.2, 0.25) is 0 Å². The van der Waals surface area contributed by atoms with Crippen LogP contribution in [0, 0.1) is 0 Å². The number of benzene rings is 2. The van der Waals surface area contributed by atoms with E-state index in [1.807, 2.05) is 48.5 Å². The lowest BCUT2D eigenvalue weighted by Crippen LogP contribution is -2.30. The summed E-state index contributed by atoms with van der Waals surface area (Å²) < 4.78 is 5.88. The van der Waals surface area contributed by atoms with Crippen molar-refractivity contribution in [3.8, 4) is 11.1 Å². The molecule has 0 spiro atoms. The lowest BCUT2D eigenvalue weighted by atomic mass is 9.77. The lowest BCUT2D eigenvalue weighted by molar-refractivity contribution is 0.425. The van der Waals surface area contributed by atoms with E-state index >= 15 is 0 Å². The van der Waals surface area contributed by atoms with Crippen molar-refractivity contribution in [2.75, 3.05) is 0 Å². The average Bonchev–Trinajstić information content (AvgIpc) is 3.05. The maximum Gasteiger partial charge on any atom is 0.492 e. The zero-order chi connectivity index (χ0) is 17.7. The number of rotatable bonds is 2. The van der Waals surface area contributed by atoms with E-state index < -0.39 is 7.12 Å². The molecule has 0 saturated heterocycles. The van der Waals surface area contributed by atoms with Crippen LogP contribution in [-0.2, 0) is 0 Å². The fourth-order valence-electron chi connectivity index (χ4n) is 3.43. The Hall–Kier alpha value is -3.22. The van der Waals surface area contributed by atoms with Crippen LogP contribution in [0.2, 0.25) is 0 Å². The third-order valence-corrected chi connectivity index (χ3v) is 4.61. The molecular formula is C20H13BN2O3. The Morgan fingerprint density at radius 2 is 1.62 bits per heavy atom. The van der Waals surface area contributed by atoms with Crippen molar-refractivity contribution in [1.82, 2.24) is 9.97 Å². The summed E-state index contributed by atoms with van der Waals surface area (Å²) in [6, 6.07) is 17.1. The highest BCUT2D eigenvalue weighted by atomic mass is 16.4. The van der Waals surface area contributed by atoms with Gasteiger partial charge in [0, 0.05) is 34.0 Å². The van der Waals surface area contributed by atoms with Gasteiger partial charge < -0.3 is 14.5 Å². The maximum atomic E-state index is 9.90. The Bertz CT molecular complexity index is 1280. The van der Waals surface area contributed by atoms with Crippen molar-refractivity contribution in [3.63, 3.8) is 0 Å². The molecule has 2 aromatic carbocycles. The van der Waals surface area contributed by atoms with Crippen LogP contribution in [-0.4, -0.2) is 27.1 Å². The molecule has 0 bridgehead atoms. The molecule has 0 aliphatic heterocycles. The number of hydrogen-bond donors (Lipinski definition) is 2. The number of nitrogens with zero attached hydrogens (tertiary/aromatic N) is 2. The highest BCUT2D eigenvalue weighted by Gasteiger charge is 2.21. The molecule has 26 heavy (non-hydrogen) atoms. The molecule has 0 amide bonds. The van der Waals surface area contributed by atoms with Crippen molar-refractivity contribution in [2.45, 2.75) is 0 Å². The summed E-state index contributed by atoms with van der Waals surface area (Å²) in [5.41, 5.74) is 3.96. The summed E-state index contributed by atoms with van der Waals surface area (Å²) in [4.78, 5) is 8.60. The molecule has 124 valence electrons. The number of pyridine rings is 2. The molecule has 0 unspecified atom stereocenters. The topological polar surface area (TPSA) is 79.4 Å². The quantitative estimate of drug-likeness (QED) is 0.483. The van der Waals surface area contributed by atoms with E-state index in [2.05, 4.69) is 9.97 Å². The number of para-hydroxylation sites is 1. The van der Waals surface area contributed by atoms with Crippen LogP contribution in [0.5, 0.6) is 0 Å². The van der Waals surface area contributed by atoms with Crippen molar-refractivity contribution in [2.24, 2.45) is 0 Å². The second-order valence-electron chi connectivity index (χ2n) is 6.15. The van der Waals surface area contributed by atoms with Gasteiger partial charge >= 0.3 is 7.12 Å². The molecule has 0 radical (unpaired) electrons. The van der Waals surface area contributed by atoms with Gasteiger partial charge in [-0.15, -0.1) is 0 Å². The van der Waals surface area contributed by atoms with Crippen molar-refractivity contribution in [1.29, 1.82) is 0 Å². The zero-order valence-corrected chi connectivity index (χ0v) is 13.6. The first kappa shape index (κ1) is 15.1. The summed E-state index contributed by atoms with van der Waals surface area (Å²) in [7, 11) is -1.63. The molecule has 0 fully saturated rings. The number of hydrogen-bond acceptors (Lipinski definition) is 5. The molecule has 3 aromatic heterocycles. The Kier molecular flexibility index (Phi) is 3.28. The lowest BCUT2D eigenvalue weighted by Gasteiger charge is -2.09. The summed E-state index contributed by atoms with van der Waals surface area (Å²) >= 11 is 0. The first-order valence-corrected chi connectivity index (χ1v) is 8.24. The van der Waals surface area contributed by atoms with Crippen LogP contribution in [0.15, 0.2) is 71.4 Å². The minimum Gasteiger partial charge on any atom is -0.456 e. The molecule has 3 heterocycles. The molecule has 5 nitrogen and oxygen atoms in total. The smallest absolute Gasteiger partial charge is 0.456 e. The summed E-state index contributed by atoms with van der Waals surface area (Å²) in [6.45, 7) is 0. The Morgan fingerprint density at radius 1 is 0.808 bits per heavy atom. The van der Waals surface area contributed by atoms with Crippen LogP contribution in [0.4, 0.5) is 0 Å². The molecule has 5 rings (SSSR count). The van der Waals surface area contributed by atoms with Crippen molar-refractivity contribution < 1.29 is 14.5 Å². The maximum absolute atomic E-state index is 9.90. The van der Waals surface area contributed by atoms with E-state index in [4.69, 9.17) is 4.42 Å². The van der Waals surface area contributed by atoms with E-state index in [1.165, 1.54) is 0 Å². The molecule has 5 aromatic rings. The summed E-state index contributed by atoms with van der Waals surface area (Å²) in [6.07, 6.45) is 3.41. The Labute approximate surface area is 148 Å². The van der Waals surface area contributed by atoms with Gasteiger partial charge in [-0.25, -0.2) is 9.97 Å². The van der Waals surface area contributed by atoms with Gasteiger partial charge in [-0.05, 0) is 41.5 Å². The van der Waals surface area contributed by atoms with Gasteiger partial charge in [0.15, 0.2) is 5.65 Å². The predicted molar refractivity (Wildman–Crippen MR) is 102 cm³/mol. The molecule has 0 atom stereocenters. The first-order valence-electron chi connectivity index (χ1n) is 8.24. The minimum absolute atomic E-state index is 0.336. The third kappa shape index (κ3) is 2.20. The number of fused-ring (bicyclic) bond motifs is 4. The Morgan fingerprint density at radius 3 is 2.50 bits per heavy atom. The monoisotopic (exact) mass is 340 g/mol. The van der Waals surface area contributed by atoms with Crippen LogP contribution in [0.25, 0.3) is 44.1 Å². The minimum atomic E-state index is -1.63. The van der Waals surface area contributed by atoms with Gasteiger partial charge in [0.05, 0.1) is 0 Å². The fraction of sp³-hybridized carbons (Fsp3) is 0. The SMILES string of the molecule is OB(O)c1cc(-c2ccnc3ncccc23)cc2c1oc1ccccc12. The van der Waals surface area contributed by atoms with Crippen LogP contribution in [0.3, 0.4) is 0 Å². The molecule has 0 saturated carbocycles. The van der Waals surface area contributed by atoms with Gasteiger partial charge in [0.25, 0.3) is 0 Å². The summed E-state index contributed by atoms with van der Waals surface area (Å²) in [5.74, 6) is 0. The van der Waals surface area contributed by atoms with Crippen molar-refractivity contribution in [3.05, 3.63) is 67.0 Å². The highest BCUT2D eigenvalue weighted by molar-refractivity contribution is 6.62. The van der Waals surface area contributed by atoms with E-state index in [-0.39, 0.29) is 0 Å². The number of furan rings is 1. The van der Waals surface area contributed by atoms with E-state index in [0.29, 0.717) is 22.3 Å². The largest absolute Gasteiger partial charge is 0.492 e. The second kappa shape index (κ2) is 5.66. The molecule has 6 heteroatoms. The second-order valence-corrected chi connectivity index (χ2v) is 6.15. The van der Waals surface area contributed by atoms with E-state index in [9.17, 15) is 10.0 Å². The van der Waals surface area contributed by atoms with Gasteiger partial charge in [-0.1, -0.05) is 24.3 Å². The predicted octanol–water partition coefficient (Wildman–Crippen LogP) is 2.88. The van der Waals surface area contributed by atoms with Crippen LogP contribution >= 0.6 is 0 Å². The molecule has 0 aliphatic carbocycles. The fourth-order valence-corrected chi connectivity index (χ4v) is 3.43. The normalized spacial score (nSPS) is 11.5. The Balaban J connectivity index is 1.90.